The lowest BCUT2D eigenvalue weighted by atomic mass is 9.67. The molecule has 52 heavy (non-hydrogen) atoms. The molecule has 1 aliphatic rings. The second-order valence-electron chi connectivity index (χ2n) is 13.1. The third-order valence-electron chi connectivity index (χ3n) is 10.1. The summed E-state index contributed by atoms with van der Waals surface area (Å²) in [5.41, 5.74) is 13.4. The fourth-order valence-corrected chi connectivity index (χ4v) is 8.19. The van der Waals surface area contributed by atoms with E-state index < -0.39 is 5.41 Å². The fraction of sp³-hybridized carbons (Fsp3) is 0.0204. The molecule has 0 heterocycles. The lowest BCUT2D eigenvalue weighted by Crippen LogP contribution is -2.28. The first kappa shape index (κ1) is 31.6. The van der Waals surface area contributed by atoms with Crippen LogP contribution in [0.4, 0.5) is 34.1 Å². The van der Waals surface area contributed by atoms with Gasteiger partial charge < -0.3 is 9.80 Å². The molecule has 0 bridgehead atoms. The topological polar surface area (TPSA) is 6.48 Å². The number of para-hydroxylation sites is 2. The zero-order chi connectivity index (χ0) is 34.9. The Morgan fingerprint density at radius 3 is 1.29 bits per heavy atom. The molecule has 0 amide bonds. The first-order valence-electron chi connectivity index (χ1n) is 17.6. The van der Waals surface area contributed by atoms with E-state index in [2.05, 4.69) is 198 Å². The van der Waals surface area contributed by atoms with Crippen molar-refractivity contribution < 1.29 is 0 Å². The normalized spacial score (nSPS) is 12.5. The Kier molecular flexibility index (Phi) is 8.15. The van der Waals surface area contributed by atoms with Gasteiger partial charge in [0.25, 0.3) is 0 Å². The second kappa shape index (κ2) is 13.4. The van der Waals surface area contributed by atoms with Crippen LogP contribution in [0.15, 0.2) is 212 Å². The van der Waals surface area contributed by atoms with Crippen molar-refractivity contribution in [2.24, 2.45) is 0 Å². The molecular weight excluding hydrogens is 652 g/mol. The number of benzene rings is 8. The number of fused-ring (bicyclic) bond motifs is 3. The van der Waals surface area contributed by atoms with Crippen LogP contribution in [0.25, 0.3) is 11.1 Å². The number of rotatable bonds is 8. The monoisotopic (exact) mass is 686 g/mol. The average molecular weight is 687 g/mol. The smallest absolute Gasteiger partial charge is 0.0714 e. The Morgan fingerprint density at radius 1 is 0.308 bits per heavy atom. The van der Waals surface area contributed by atoms with E-state index in [1.807, 2.05) is 24.3 Å². The molecule has 0 spiro atoms. The first-order chi connectivity index (χ1) is 25.7. The summed E-state index contributed by atoms with van der Waals surface area (Å²) in [5.74, 6) is 0. The maximum atomic E-state index is 6.56. The molecule has 0 aromatic heterocycles. The van der Waals surface area contributed by atoms with E-state index in [-0.39, 0.29) is 0 Å². The zero-order valence-corrected chi connectivity index (χ0v) is 29.2. The van der Waals surface area contributed by atoms with Crippen molar-refractivity contribution in [2.45, 2.75) is 5.41 Å². The van der Waals surface area contributed by atoms with Gasteiger partial charge in [-0.25, -0.2) is 0 Å². The predicted molar refractivity (Wildman–Crippen MR) is 218 cm³/mol. The van der Waals surface area contributed by atoms with Crippen molar-refractivity contribution in [1.82, 2.24) is 0 Å². The number of nitrogens with zero attached hydrogens (tertiary/aromatic N) is 2. The highest BCUT2D eigenvalue weighted by Crippen LogP contribution is 2.57. The van der Waals surface area contributed by atoms with Crippen LogP contribution in [-0.4, -0.2) is 0 Å². The molecule has 248 valence electrons. The van der Waals surface area contributed by atoms with E-state index in [1.165, 1.54) is 33.4 Å². The van der Waals surface area contributed by atoms with Gasteiger partial charge in [-0.2, -0.15) is 0 Å². The molecule has 9 rings (SSSR count). The predicted octanol–water partition coefficient (Wildman–Crippen LogP) is 13.6. The van der Waals surface area contributed by atoms with Crippen LogP contribution in [0, 0.1) is 0 Å². The summed E-state index contributed by atoms with van der Waals surface area (Å²) in [6.45, 7) is 0. The first-order valence-corrected chi connectivity index (χ1v) is 18.0. The van der Waals surface area contributed by atoms with E-state index in [4.69, 9.17) is 11.6 Å². The largest absolute Gasteiger partial charge is 0.310 e. The fourth-order valence-electron chi connectivity index (χ4n) is 8.01. The van der Waals surface area contributed by atoms with Gasteiger partial charge in [0.15, 0.2) is 0 Å². The van der Waals surface area contributed by atoms with Gasteiger partial charge in [0.1, 0.15) is 0 Å². The number of hydrogen-bond acceptors (Lipinski definition) is 2. The minimum atomic E-state index is -0.495. The molecule has 0 radical (unpaired) electrons. The molecule has 0 atom stereocenters. The third kappa shape index (κ3) is 5.37. The van der Waals surface area contributed by atoms with Crippen LogP contribution in [-0.2, 0) is 5.41 Å². The van der Waals surface area contributed by atoms with E-state index >= 15 is 0 Å². The summed E-state index contributed by atoms with van der Waals surface area (Å²) in [6, 6.07) is 75.8. The van der Waals surface area contributed by atoms with Crippen LogP contribution < -0.4 is 9.80 Å². The maximum Gasteiger partial charge on any atom is 0.0714 e. The Morgan fingerprint density at radius 2 is 0.731 bits per heavy atom. The summed E-state index contributed by atoms with van der Waals surface area (Å²) in [4.78, 5) is 4.63. The van der Waals surface area contributed by atoms with Crippen molar-refractivity contribution in [2.75, 3.05) is 9.80 Å². The molecule has 0 saturated heterocycles. The molecule has 2 nitrogen and oxygen atoms in total. The van der Waals surface area contributed by atoms with Gasteiger partial charge in [-0.05, 0) is 106 Å². The SMILES string of the molecule is Clc1cccc(N(c2ccccc2)c2cccc(N(c3ccccc3)c3ccc4c(c3)C(c3ccccc3)(c3ccccc3)c3ccccc3-4)c2)c1. The molecular formula is C49H35ClN2. The van der Waals surface area contributed by atoms with Crippen molar-refractivity contribution in [3.8, 4) is 11.1 Å². The van der Waals surface area contributed by atoms with E-state index in [0.29, 0.717) is 5.02 Å². The highest BCUT2D eigenvalue weighted by Gasteiger charge is 2.46. The molecule has 0 N–H and O–H groups in total. The highest BCUT2D eigenvalue weighted by atomic mass is 35.5. The van der Waals surface area contributed by atoms with E-state index in [0.717, 1.165) is 34.1 Å². The van der Waals surface area contributed by atoms with Gasteiger partial charge in [0.2, 0.25) is 0 Å². The molecule has 0 saturated carbocycles. The summed E-state index contributed by atoms with van der Waals surface area (Å²) in [5, 5.41) is 0.694. The van der Waals surface area contributed by atoms with Crippen LogP contribution in [0.1, 0.15) is 22.3 Å². The van der Waals surface area contributed by atoms with E-state index in [9.17, 15) is 0 Å². The van der Waals surface area contributed by atoms with Gasteiger partial charge in [0, 0.05) is 39.1 Å². The van der Waals surface area contributed by atoms with Crippen LogP contribution in [0.3, 0.4) is 0 Å². The van der Waals surface area contributed by atoms with Crippen LogP contribution in [0.5, 0.6) is 0 Å². The molecule has 3 heteroatoms. The van der Waals surface area contributed by atoms with Gasteiger partial charge in [0.05, 0.1) is 5.41 Å². The quantitative estimate of drug-likeness (QED) is 0.157. The lowest BCUT2D eigenvalue weighted by molar-refractivity contribution is 0.768. The molecule has 1 aliphatic carbocycles. The van der Waals surface area contributed by atoms with Gasteiger partial charge in [-0.15, -0.1) is 0 Å². The maximum absolute atomic E-state index is 6.56. The van der Waals surface area contributed by atoms with Crippen LogP contribution in [0.2, 0.25) is 5.02 Å². The highest BCUT2D eigenvalue weighted by molar-refractivity contribution is 6.30. The second-order valence-corrected chi connectivity index (χ2v) is 13.5. The number of hydrogen-bond donors (Lipinski definition) is 0. The summed E-state index contributed by atoms with van der Waals surface area (Å²) < 4.78 is 0. The zero-order valence-electron chi connectivity index (χ0n) is 28.5. The van der Waals surface area contributed by atoms with Crippen molar-refractivity contribution in [1.29, 1.82) is 0 Å². The summed E-state index contributed by atoms with van der Waals surface area (Å²) >= 11 is 6.56. The van der Waals surface area contributed by atoms with Crippen molar-refractivity contribution >= 4 is 45.7 Å². The summed E-state index contributed by atoms with van der Waals surface area (Å²) in [7, 11) is 0. The third-order valence-corrected chi connectivity index (χ3v) is 10.4. The molecule has 0 aliphatic heterocycles. The van der Waals surface area contributed by atoms with E-state index in [1.54, 1.807) is 0 Å². The lowest BCUT2D eigenvalue weighted by Gasteiger charge is -2.35. The van der Waals surface area contributed by atoms with Gasteiger partial charge >= 0.3 is 0 Å². The number of anilines is 6. The molecule has 8 aromatic rings. The molecule has 0 unspecified atom stereocenters. The average Bonchev–Trinajstić information content (AvgIpc) is 3.50. The Hall–Kier alpha value is -6.35. The van der Waals surface area contributed by atoms with Crippen molar-refractivity contribution in [3.63, 3.8) is 0 Å². The minimum Gasteiger partial charge on any atom is -0.310 e. The van der Waals surface area contributed by atoms with Crippen LogP contribution >= 0.6 is 11.6 Å². The summed E-state index contributed by atoms with van der Waals surface area (Å²) in [6.07, 6.45) is 0. The van der Waals surface area contributed by atoms with Gasteiger partial charge in [-0.3, -0.25) is 0 Å². The minimum absolute atomic E-state index is 0.495. The molecule has 0 fully saturated rings. The Bertz CT molecular complexity index is 2440. The Balaban J connectivity index is 1.27. The van der Waals surface area contributed by atoms with Crippen molar-refractivity contribution in [3.05, 3.63) is 240 Å². The molecule has 8 aromatic carbocycles. The standard InChI is InChI=1S/C49H35ClN2/c50-38-21-15-26-41(33-38)51(39-22-9-3-10-23-39)42-27-16-28-43(34-42)52(40-24-11-4-12-25-40)44-31-32-46-45-29-13-14-30-47(45)49(48(46)35-44,36-17-5-1-6-18-36)37-19-7-2-8-20-37/h1-35H. The number of halogens is 1. The van der Waals surface area contributed by atoms with Gasteiger partial charge in [-0.1, -0.05) is 151 Å². The Labute approximate surface area is 310 Å².